The molecule has 1 aliphatic heterocycles. The zero-order chi connectivity index (χ0) is 11.9. The maximum Gasteiger partial charge on any atom is 0.0795 e. The molecule has 4 nitrogen and oxygen atoms in total. The maximum atomic E-state index is 5.18. The van der Waals surface area contributed by atoms with E-state index in [1.807, 2.05) is 5.51 Å². The fourth-order valence-electron chi connectivity index (χ4n) is 2.22. The SMILES string of the molecule is COCCN(Cc1cscn1)CC1CCCN1. The van der Waals surface area contributed by atoms with Gasteiger partial charge < -0.3 is 10.1 Å². The van der Waals surface area contributed by atoms with Crippen molar-refractivity contribution in [2.24, 2.45) is 0 Å². The highest BCUT2D eigenvalue weighted by molar-refractivity contribution is 7.07. The van der Waals surface area contributed by atoms with Gasteiger partial charge in [0.25, 0.3) is 0 Å². The Morgan fingerprint density at radius 3 is 3.24 bits per heavy atom. The predicted octanol–water partition coefficient (Wildman–Crippen LogP) is 1.34. The summed E-state index contributed by atoms with van der Waals surface area (Å²) in [5.74, 6) is 0. The second-order valence-corrected chi connectivity index (χ2v) is 5.22. The van der Waals surface area contributed by atoms with Crippen LogP contribution in [-0.4, -0.2) is 49.3 Å². The molecule has 0 saturated carbocycles. The Balaban J connectivity index is 1.83. The summed E-state index contributed by atoms with van der Waals surface area (Å²) in [6, 6.07) is 0.644. The number of ether oxygens (including phenoxy) is 1. The van der Waals surface area contributed by atoms with Crippen LogP contribution in [0.2, 0.25) is 0 Å². The summed E-state index contributed by atoms with van der Waals surface area (Å²) in [7, 11) is 1.76. The largest absolute Gasteiger partial charge is 0.383 e. The Morgan fingerprint density at radius 1 is 1.65 bits per heavy atom. The normalized spacial score (nSPS) is 20.2. The van der Waals surface area contributed by atoms with E-state index in [9.17, 15) is 0 Å². The number of methoxy groups -OCH3 is 1. The van der Waals surface area contributed by atoms with Gasteiger partial charge in [-0.25, -0.2) is 4.98 Å². The number of thiazole rings is 1. The zero-order valence-electron chi connectivity index (χ0n) is 10.4. The molecule has 2 rings (SSSR count). The first-order valence-corrected chi connectivity index (χ1v) is 7.14. The van der Waals surface area contributed by atoms with Crippen molar-refractivity contribution in [2.75, 3.05) is 33.4 Å². The van der Waals surface area contributed by atoms with E-state index < -0.39 is 0 Å². The van der Waals surface area contributed by atoms with E-state index in [2.05, 4.69) is 20.6 Å². The molecule has 0 radical (unpaired) electrons. The molecule has 1 atom stereocenters. The highest BCUT2D eigenvalue weighted by Crippen LogP contribution is 2.10. The van der Waals surface area contributed by atoms with E-state index in [1.165, 1.54) is 25.1 Å². The van der Waals surface area contributed by atoms with Gasteiger partial charge in [0.05, 0.1) is 17.8 Å². The molecule has 1 aromatic rings. The van der Waals surface area contributed by atoms with Crippen molar-refractivity contribution in [3.05, 3.63) is 16.6 Å². The van der Waals surface area contributed by atoms with Crippen molar-refractivity contribution in [3.8, 4) is 0 Å². The molecule has 0 aliphatic carbocycles. The first-order valence-electron chi connectivity index (χ1n) is 6.20. The fraction of sp³-hybridized carbons (Fsp3) is 0.750. The molecule has 1 aliphatic rings. The molecule has 1 aromatic heterocycles. The van der Waals surface area contributed by atoms with Crippen LogP contribution in [0.4, 0.5) is 0 Å². The first kappa shape index (κ1) is 13.0. The second-order valence-electron chi connectivity index (χ2n) is 4.50. The molecule has 1 N–H and O–H groups in total. The average molecular weight is 255 g/mol. The van der Waals surface area contributed by atoms with Crippen LogP contribution < -0.4 is 5.32 Å². The number of aromatic nitrogens is 1. The van der Waals surface area contributed by atoms with Crippen molar-refractivity contribution in [2.45, 2.75) is 25.4 Å². The molecule has 2 heterocycles. The fourth-order valence-corrected chi connectivity index (χ4v) is 2.77. The lowest BCUT2D eigenvalue weighted by atomic mass is 10.2. The van der Waals surface area contributed by atoms with Crippen molar-refractivity contribution in [3.63, 3.8) is 0 Å². The van der Waals surface area contributed by atoms with Gasteiger partial charge in [0.1, 0.15) is 0 Å². The van der Waals surface area contributed by atoms with E-state index in [1.54, 1.807) is 18.4 Å². The molecular weight excluding hydrogens is 234 g/mol. The van der Waals surface area contributed by atoms with E-state index in [0.717, 1.165) is 26.2 Å². The molecule has 0 spiro atoms. The van der Waals surface area contributed by atoms with Crippen LogP contribution in [0.15, 0.2) is 10.9 Å². The van der Waals surface area contributed by atoms with Gasteiger partial charge in [-0.2, -0.15) is 0 Å². The molecule has 1 fully saturated rings. The summed E-state index contributed by atoms with van der Waals surface area (Å²) in [4.78, 5) is 6.79. The smallest absolute Gasteiger partial charge is 0.0795 e. The molecule has 0 amide bonds. The lowest BCUT2D eigenvalue weighted by Crippen LogP contribution is -2.38. The summed E-state index contributed by atoms with van der Waals surface area (Å²) in [6.45, 7) is 4.97. The van der Waals surface area contributed by atoms with Crippen LogP contribution in [0, 0.1) is 0 Å². The third-order valence-electron chi connectivity index (χ3n) is 3.12. The Morgan fingerprint density at radius 2 is 2.59 bits per heavy atom. The quantitative estimate of drug-likeness (QED) is 0.798. The molecule has 5 heteroatoms. The molecule has 96 valence electrons. The van der Waals surface area contributed by atoms with Crippen LogP contribution in [0.3, 0.4) is 0 Å². The topological polar surface area (TPSA) is 37.4 Å². The van der Waals surface area contributed by atoms with Crippen LogP contribution in [0.25, 0.3) is 0 Å². The molecule has 0 bridgehead atoms. The third-order valence-corrected chi connectivity index (χ3v) is 3.76. The number of nitrogens with one attached hydrogen (secondary N) is 1. The summed E-state index contributed by atoms with van der Waals surface area (Å²) in [5, 5.41) is 5.67. The van der Waals surface area contributed by atoms with Gasteiger partial charge in [0.15, 0.2) is 0 Å². The standard InChI is InChI=1S/C12H21N3OS/c1-16-6-5-15(7-11-3-2-4-13-11)8-12-9-17-10-14-12/h9-11,13H,2-8H2,1H3. The van der Waals surface area contributed by atoms with Gasteiger partial charge in [0.2, 0.25) is 0 Å². The van der Waals surface area contributed by atoms with E-state index in [0.29, 0.717) is 6.04 Å². The molecular formula is C12H21N3OS. The van der Waals surface area contributed by atoms with Gasteiger partial charge in [-0.3, -0.25) is 4.90 Å². The Bertz CT molecular complexity index is 299. The van der Waals surface area contributed by atoms with Gasteiger partial charge in [-0.1, -0.05) is 0 Å². The zero-order valence-corrected chi connectivity index (χ0v) is 11.2. The van der Waals surface area contributed by atoms with Gasteiger partial charge in [-0.15, -0.1) is 11.3 Å². The number of hydrogen-bond acceptors (Lipinski definition) is 5. The van der Waals surface area contributed by atoms with Crippen LogP contribution in [0.5, 0.6) is 0 Å². The van der Waals surface area contributed by atoms with E-state index >= 15 is 0 Å². The summed E-state index contributed by atoms with van der Waals surface area (Å²) in [5.41, 5.74) is 3.07. The lowest BCUT2D eigenvalue weighted by Gasteiger charge is -2.24. The van der Waals surface area contributed by atoms with Gasteiger partial charge in [0, 0.05) is 38.2 Å². The number of rotatable bonds is 7. The van der Waals surface area contributed by atoms with E-state index in [4.69, 9.17) is 4.74 Å². The Kier molecular flexibility index (Phi) is 5.38. The minimum Gasteiger partial charge on any atom is -0.383 e. The highest BCUT2D eigenvalue weighted by Gasteiger charge is 2.18. The average Bonchev–Trinajstić information content (AvgIpc) is 2.99. The second kappa shape index (κ2) is 7.06. The summed E-state index contributed by atoms with van der Waals surface area (Å²) >= 11 is 1.66. The van der Waals surface area contributed by atoms with Crippen LogP contribution in [0.1, 0.15) is 18.5 Å². The van der Waals surface area contributed by atoms with Crippen molar-refractivity contribution < 1.29 is 4.74 Å². The number of nitrogens with zero attached hydrogens (tertiary/aromatic N) is 2. The molecule has 1 unspecified atom stereocenters. The number of hydrogen-bond donors (Lipinski definition) is 1. The predicted molar refractivity (Wildman–Crippen MR) is 70.3 cm³/mol. The van der Waals surface area contributed by atoms with Crippen molar-refractivity contribution in [1.29, 1.82) is 0 Å². The monoisotopic (exact) mass is 255 g/mol. The summed E-state index contributed by atoms with van der Waals surface area (Å²) < 4.78 is 5.18. The molecule has 0 aromatic carbocycles. The first-order chi connectivity index (χ1) is 8.38. The van der Waals surface area contributed by atoms with Gasteiger partial charge >= 0.3 is 0 Å². The maximum absolute atomic E-state index is 5.18. The highest BCUT2D eigenvalue weighted by atomic mass is 32.1. The molecule has 17 heavy (non-hydrogen) atoms. The molecule has 1 saturated heterocycles. The minimum absolute atomic E-state index is 0.644. The Labute approximate surface area is 107 Å². The van der Waals surface area contributed by atoms with Gasteiger partial charge in [-0.05, 0) is 19.4 Å². The van der Waals surface area contributed by atoms with Crippen LogP contribution in [-0.2, 0) is 11.3 Å². The van der Waals surface area contributed by atoms with Crippen molar-refractivity contribution >= 4 is 11.3 Å². The van der Waals surface area contributed by atoms with Crippen LogP contribution >= 0.6 is 11.3 Å². The Hall–Kier alpha value is -0.490. The minimum atomic E-state index is 0.644. The lowest BCUT2D eigenvalue weighted by molar-refractivity contribution is 0.137. The van der Waals surface area contributed by atoms with Crippen molar-refractivity contribution in [1.82, 2.24) is 15.2 Å². The summed E-state index contributed by atoms with van der Waals surface area (Å²) in [6.07, 6.45) is 2.60. The third kappa shape index (κ3) is 4.35. The van der Waals surface area contributed by atoms with E-state index in [-0.39, 0.29) is 0 Å².